The summed E-state index contributed by atoms with van der Waals surface area (Å²) in [5.41, 5.74) is 1.01. The number of hydrogen-bond acceptors (Lipinski definition) is 4. The van der Waals surface area contributed by atoms with Crippen LogP contribution in [-0.2, 0) is 0 Å². The molecule has 0 spiro atoms. The van der Waals surface area contributed by atoms with Crippen LogP contribution < -0.4 is 0 Å². The molecule has 1 saturated heterocycles. The summed E-state index contributed by atoms with van der Waals surface area (Å²) < 4.78 is 5.47. The highest BCUT2D eigenvalue weighted by molar-refractivity contribution is 5.53. The van der Waals surface area contributed by atoms with Gasteiger partial charge in [0.15, 0.2) is 0 Å². The Hall–Kier alpha value is -1.68. The summed E-state index contributed by atoms with van der Waals surface area (Å²) in [7, 11) is 0. The number of hydrogen-bond donors (Lipinski definition) is 0. The van der Waals surface area contributed by atoms with Crippen molar-refractivity contribution >= 4 is 0 Å². The van der Waals surface area contributed by atoms with Crippen LogP contribution in [0.1, 0.15) is 44.5 Å². The normalized spacial score (nSPS) is 18.6. The Labute approximate surface area is 119 Å². The van der Waals surface area contributed by atoms with Gasteiger partial charge in [-0.05, 0) is 32.9 Å². The molecule has 0 saturated carbocycles. The van der Waals surface area contributed by atoms with Gasteiger partial charge in [-0.25, -0.2) is 0 Å². The molecule has 4 heteroatoms. The predicted octanol–water partition coefficient (Wildman–Crippen LogP) is 3.67. The average Bonchev–Trinajstić information content (AvgIpc) is 2.83. The molecule has 1 aromatic carbocycles. The van der Waals surface area contributed by atoms with Crippen LogP contribution in [0.3, 0.4) is 0 Å². The van der Waals surface area contributed by atoms with Crippen LogP contribution in [-0.4, -0.2) is 28.1 Å². The van der Waals surface area contributed by atoms with Gasteiger partial charge in [-0.3, -0.25) is 4.90 Å². The Balaban J connectivity index is 1.75. The zero-order valence-corrected chi connectivity index (χ0v) is 12.0. The highest BCUT2D eigenvalue weighted by atomic mass is 16.5. The summed E-state index contributed by atoms with van der Waals surface area (Å²) in [5.74, 6) is 1.41. The van der Waals surface area contributed by atoms with E-state index in [9.17, 15) is 0 Å². The van der Waals surface area contributed by atoms with Crippen LogP contribution in [0, 0.1) is 0 Å². The van der Waals surface area contributed by atoms with E-state index >= 15 is 0 Å². The van der Waals surface area contributed by atoms with Gasteiger partial charge in [0.2, 0.25) is 11.7 Å². The topological polar surface area (TPSA) is 42.2 Å². The molecule has 0 aliphatic carbocycles. The third kappa shape index (κ3) is 2.90. The Kier molecular flexibility index (Phi) is 4.11. The van der Waals surface area contributed by atoms with E-state index in [1.807, 2.05) is 30.3 Å². The first kappa shape index (κ1) is 13.3. The average molecular weight is 271 g/mol. The third-order valence-electron chi connectivity index (χ3n) is 4.02. The van der Waals surface area contributed by atoms with Gasteiger partial charge in [0.1, 0.15) is 0 Å². The van der Waals surface area contributed by atoms with Gasteiger partial charge in [-0.2, -0.15) is 4.98 Å². The third-order valence-corrected chi connectivity index (χ3v) is 4.02. The fourth-order valence-corrected chi connectivity index (χ4v) is 2.75. The first-order chi connectivity index (χ1) is 9.84. The Morgan fingerprint density at radius 2 is 1.75 bits per heavy atom. The molecule has 2 heterocycles. The molecule has 0 bridgehead atoms. The number of aromatic nitrogens is 2. The molecule has 3 rings (SSSR count). The van der Waals surface area contributed by atoms with Gasteiger partial charge in [-0.1, -0.05) is 48.3 Å². The molecule has 1 aromatic heterocycles. The predicted molar refractivity (Wildman–Crippen MR) is 78.2 cm³/mol. The fourth-order valence-electron chi connectivity index (χ4n) is 2.75. The molecule has 0 radical (unpaired) electrons. The second kappa shape index (κ2) is 6.18. The van der Waals surface area contributed by atoms with E-state index in [0.29, 0.717) is 5.82 Å². The Morgan fingerprint density at radius 3 is 2.45 bits per heavy atom. The lowest BCUT2D eigenvalue weighted by Crippen LogP contribution is -2.28. The molecule has 1 aliphatic rings. The summed E-state index contributed by atoms with van der Waals surface area (Å²) in [6, 6.07) is 10.2. The maximum atomic E-state index is 5.47. The maximum absolute atomic E-state index is 5.47. The lowest BCUT2D eigenvalue weighted by molar-refractivity contribution is 0.179. The van der Waals surface area contributed by atoms with E-state index in [1.165, 1.54) is 25.7 Å². The monoisotopic (exact) mass is 271 g/mol. The first-order valence-corrected chi connectivity index (χ1v) is 7.47. The van der Waals surface area contributed by atoms with Gasteiger partial charge in [0.25, 0.3) is 0 Å². The van der Waals surface area contributed by atoms with Crippen molar-refractivity contribution in [2.45, 2.75) is 38.6 Å². The van der Waals surface area contributed by atoms with E-state index in [4.69, 9.17) is 4.52 Å². The SMILES string of the molecule is CC(c1nc(-c2ccccc2)no1)N1CCCCCC1. The van der Waals surface area contributed by atoms with Crippen molar-refractivity contribution in [1.29, 1.82) is 0 Å². The molecular weight excluding hydrogens is 250 g/mol. The molecule has 1 atom stereocenters. The highest BCUT2D eigenvalue weighted by Crippen LogP contribution is 2.24. The molecule has 20 heavy (non-hydrogen) atoms. The quantitative estimate of drug-likeness (QED) is 0.854. The van der Waals surface area contributed by atoms with Gasteiger partial charge in [0, 0.05) is 5.56 Å². The van der Waals surface area contributed by atoms with E-state index in [-0.39, 0.29) is 6.04 Å². The largest absolute Gasteiger partial charge is 0.337 e. The Morgan fingerprint density at radius 1 is 1.05 bits per heavy atom. The molecule has 1 unspecified atom stereocenters. The zero-order valence-electron chi connectivity index (χ0n) is 12.0. The fraction of sp³-hybridized carbons (Fsp3) is 0.500. The zero-order chi connectivity index (χ0) is 13.8. The summed E-state index contributed by atoms with van der Waals surface area (Å²) in [6.07, 6.45) is 5.21. The van der Waals surface area contributed by atoms with Crippen molar-refractivity contribution < 1.29 is 4.52 Å². The molecule has 4 nitrogen and oxygen atoms in total. The summed E-state index contributed by atoms with van der Waals surface area (Å²) in [5, 5.41) is 4.11. The second-order valence-corrected chi connectivity index (χ2v) is 5.45. The van der Waals surface area contributed by atoms with Gasteiger partial charge in [-0.15, -0.1) is 0 Å². The summed E-state index contributed by atoms with van der Waals surface area (Å²) >= 11 is 0. The first-order valence-electron chi connectivity index (χ1n) is 7.47. The van der Waals surface area contributed by atoms with Gasteiger partial charge in [0.05, 0.1) is 6.04 Å². The smallest absolute Gasteiger partial charge is 0.244 e. The molecule has 1 aliphatic heterocycles. The standard InChI is InChI=1S/C16H21N3O/c1-13(19-11-7-2-3-8-12-19)16-17-15(18-20-16)14-9-5-4-6-10-14/h4-6,9-10,13H,2-3,7-8,11-12H2,1H3. The van der Waals surface area contributed by atoms with Crippen LogP contribution in [0.5, 0.6) is 0 Å². The molecule has 106 valence electrons. The minimum absolute atomic E-state index is 0.207. The van der Waals surface area contributed by atoms with E-state index in [0.717, 1.165) is 24.5 Å². The van der Waals surface area contributed by atoms with Crippen molar-refractivity contribution in [3.8, 4) is 11.4 Å². The molecular formula is C16H21N3O. The molecule has 2 aromatic rings. The molecule has 0 amide bonds. The Bertz CT molecular complexity index is 530. The van der Waals surface area contributed by atoms with Gasteiger partial charge < -0.3 is 4.52 Å². The van der Waals surface area contributed by atoms with Crippen LogP contribution in [0.15, 0.2) is 34.9 Å². The minimum atomic E-state index is 0.207. The van der Waals surface area contributed by atoms with Crippen LogP contribution in [0.2, 0.25) is 0 Å². The van der Waals surface area contributed by atoms with Crippen LogP contribution in [0.4, 0.5) is 0 Å². The number of benzene rings is 1. The van der Waals surface area contributed by atoms with Crippen molar-refractivity contribution in [1.82, 2.24) is 15.0 Å². The summed E-state index contributed by atoms with van der Waals surface area (Å²) in [6.45, 7) is 4.42. The van der Waals surface area contributed by atoms with Gasteiger partial charge >= 0.3 is 0 Å². The van der Waals surface area contributed by atoms with Crippen LogP contribution >= 0.6 is 0 Å². The van der Waals surface area contributed by atoms with E-state index in [1.54, 1.807) is 0 Å². The second-order valence-electron chi connectivity index (χ2n) is 5.45. The van der Waals surface area contributed by atoms with Crippen molar-refractivity contribution in [2.75, 3.05) is 13.1 Å². The molecule has 1 fully saturated rings. The number of nitrogens with zero attached hydrogens (tertiary/aromatic N) is 3. The maximum Gasteiger partial charge on any atom is 0.244 e. The van der Waals surface area contributed by atoms with Crippen molar-refractivity contribution in [3.05, 3.63) is 36.2 Å². The van der Waals surface area contributed by atoms with Crippen molar-refractivity contribution in [2.24, 2.45) is 0 Å². The highest BCUT2D eigenvalue weighted by Gasteiger charge is 2.22. The number of rotatable bonds is 3. The van der Waals surface area contributed by atoms with E-state index < -0.39 is 0 Å². The van der Waals surface area contributed by atoms with Crippen LogP contribution in [0.25, 0.3) is 11.4 Å². The van der Waals surface area contributed by atoms with E-state index in [2.05, 4.69) is 22.0 Å². The lowest BCUT2D eigenvalue weighted by atomic mass is 10.2. The number of likely N-dealkylation sites (tertiary alicyclic amines) is 1. The lowest BCUT2D eigenvalue weighted by Gasteiger charge is -2.24. The molecule has 0 N–H and O–H groups in total. The van der Waals surface area contributed by atoms with Crippen molar-refractivity contribution in [3.63, 3.8) is 0 Å². The minimum Gasteiger partial charge on any atom is -0.337 e. The summed E-state index contributed by atoms with van der Waals surface area (Å²) in [4.78, 5) is 7.02.